The number of rotatable bonds is 3. The van der Waals surface area contributed by atoms with Gasteiger partial charge in [0.15, 0.2) is 0 Å². The van der Waals surface area contributed by atoms with E-state index >= 15 is 0 Å². The van der Waals surface area contributed by atoms with Crippen molar-refractivity contribution >= 4 is 29.1 Å². The van der Waals surface area contributed by atoms with Gasteiger partial charge >= 0.3 is 0 Å². The van der Waals surface area contributed by atoms with Crippen LogP contribution in [0.1, 0.15) is 0 Å². The number of benzene rings is 2. The number of halogens is 1. The summed E-state index contributed by atoms with van der Waals surface area (Å²) >= 11 is 7.43. The van der Waals surface area contributed by atoms with Crippen molar-refractivity contribution in [3.8, 4) is 5.75 Å². The number of nitrogens with two attached hydrogens (primary N) is 1. The number of hydrogen-bond donors (Lipinski definition) is 1. The van der Waals surface area contributed by atoms with Crippen LogP contribution in [0.5, 0.6) is 5.75 Å². The molecule has 0 unspecified atom stereocenters. The van der Waals surface area contributed by atoms with E-state index in [0.29, 0.717) is 10.7 Å². The Morgan fingerprint density at radius 3 is 2.59 bits per heavy atom. The number of hydrogen-bond acceptors (Lipinski definition) is 3. The zero-order valence-corrected chi connectivity index (χ0v) is 10.9. The van der Waals surface area contributed by atoms with Crippen LogP contribution < -0.4 is 10.5 Å². The van der Waals surface area contributed by atoms with Crippen LogP contribution in [0.25, 0.3) is 0 Å². The number of ether oxygens (including phenoxy) is 1. The zero-order valence-electron chi connectivity index (χ0n) is 9.31. The average molecular weight is 266 g/mol. The third kappa shape index (κ3) is 2.87. The van der Waals surface area contributed by atoms with E-state index in [2.05, 4.69) is 0 Å². The fourth-order valence-electron chi connectivity index (χ4n) is 1.43. The fraction of sp³-hybridized carbons (Fsp3) is 0.0769. The highest BCUT2D eigenvalue weighted by Crippen LogP contribution is 2.38. The summed E-state index contributed by atoms with van der Waals surface area (Å²) in [5, 5.41) is 0.645. The molecule has 0 bridgehead atoms. The van der Waals surface area contributed by atoms with E-state index in [4.69, 9.17) is 22.1 Å². The Bertz CT molecular complexity index is 531. The summed E-state index contributed by atoms with van der Waals surface area (Å²) in [5.41, 5.74) is 6.59. The molecule has 0 radical (unpaired) electrons. The van der Waals surface area contributed by atoms with Crippen molar-refractivity contribution in [3.05, 3.63) is 47.5 Å². The molecule has 0 spiro atoms. The predicted octanol–water partition coefficient (Wildman–Crippen LogP) is 4.08. The normalized spacial score (nSPS) is 10.2. The lowest BCUT2D eigenvalue weighted by molar-refractivity contribution is 0.405. The Labute approximate surface area is 110 Å². The Morgan fingerprint density at radius 1 is 1.12 bits per heavy atom. The highest BCUT2D eigenvalue weighted by Gasteiger charge is 2.06. The first-order valence-electron chi connectivity index (χ1n) is 5.06. The summed E-state index contributed by atoms with van der Waals surface area (Å²) in [5.74, 6) is 0.840. The highest BCUT2D eigenvalue weighted by molar-refractivity contribution is 7.99. The van der Waals surface area contributed by atoms with Crippen molar-refractivity contribution in [2.24, 2.45) is 0 Å². The molecule has 2 N–H and O–H groups in total. The lowest BCUT2D eigenvalue weighted by Crippen LogP contribution is -1.89. The molecular formula is C13H12ClNOS. The Kier molecular flexibility index (Phi) is 3.82. The first-order chi connectivity index (χ1) is 8.20. The molecule has 0 aromatic heterocycles. The lowest BCUT2D eigenvalue weighted by Gasteiger charge is -2.09. The quantitative estimate of drug-likeness (QED) is 0.850. The number of anilines is 1. The minimum absolute atomic E-state index is 0.645. The van der Waals surface area contributed by atoms with E-state index in [1.54, 1.807) is 24.9 Å². The highest BCUT2D eigenvalue weighted by atomic mass is 35.5. The average Bonchev–Trinajstić information content (AvgIpc) is 2.33. The molecule has 2 nitrogen and oxygen atoms in total. The molecule has 0 saturated carbocycles. The summed E-state index contributed by atoms with van der Waals surface area (Å²) in [6.45, 7) is 0. The van der Waals surface area contributed by atoms with Gasteiger partial charge in [0.05, 0.1) is 12.0 Å². The fourth-order valence-corrected chi connectivity index (χ4v) is 2.56. The van der Waals surface area contributed by atoms with Gasteiger partial charge in [-0.3, -0.25) is 0 Å². The third-order valence-corrected chi connectivity index (χ3v) is 3.64. The molecule has 0 aliphatic carbocycles. The maximum Gasteiger partial charge on any atom is 0.132 e. The molecule has 17 heavy (non-hydrogen) atoms. The number of para-hydroxylation sites is 1. The van der Waals surface area contributed by atoms with Crippen molar-refractivity contribution in [2.45, 2.75) is 9.79 Å². The van der Waals surface area contributed by atoms with Crippen LogP contribution in [0.4, 0.5) is 5.69 Å². The summed E-state index contributed by atoms with van der Waals surface area (Å²) < 4.78 is 5.29. The summed E-state index contributed by atoms with van der Waals surface area (Å²) in [6, 6.07) is 13.3. The van der Waals surface area contributed by atoms with Gasteiger partial charge in [0.2, 0.25) is 0 Å². The topological polar surface area (TPSA) is 35.2 Å². The second-order valence-electron chi connectivity index (χ2n) is 3.44. The summed E-state index contributed by atoms with van der Waals surface area (Å²) in [7, 11) is 1.66. The van der Waals surface area contributed by atoms with Crippen LogP contribution in [0.15, 0.2) is 52.3 Å². The van der Waals surface area contributed by atoms with Gasteiger partial charge in [0.1, 0.15) is 5.75 Å². The van der Waals surface area contributed by atoms with E-state index in [9.17, 15) is 0 Å². The number of methoxy groups -OCH3 is 1. The smallest absolute Gasteiger partial charge is 0.132 e. The van der Waals surface area contributed by atoms with E-state index in [-0.39, 0.29) is 0 Å². The number of nitrogen functional groups attached to an aromatic ring is 1. The van der Waals surface area contributed by atoms with Gasteiger partial charge in [-0.15, -0.1) is 0 Å². The second-order valence-corrected chi connectivity index (χ2v) is 4.96. The van der Waals surface area contributed by atoms with Crippen LogP contribution in [-0.2, 0) is 0 Å². The summed E-state index contributed by atoms with van der Waals surface area (Å²) in [6.07, 6.45) is 0. The van der Waals surface area contributed by atoms with Gasteiger partial charge in [-0.2, -0.15) is 0 Å². The maximum atomic E-state index is 5.91. The monoisotopic (exact) mass is 265 g/mol. The minimum Gasteiger partial charge on any atom is -0.496 e. The van der Waals surface area contributed by atoms with Gasteiger partial charge in [0.25, 0.3) is 0 Å². The van der Waals surface area contributed by atoms with E-state index < -0.39 is 0 Å². The van der Waals surface area contributed by atoms with Crippen LogP contribution in [0, 0.1) is 0 Å². The first kappa shape index (κ1) is 12.1. The van der Waals surface area contributed by atoms with Crippen LogP contribution in [0.2, 0.25) is 5.02 Å². The van der Waals surface area contributed by atoms with Crippen molar-refractivity contribution in [2.75, 3.05) is 12.8 Å². The van der Waals surface area contributed by atoms with Crippen LogP contribution in [0.3, 0.4) is 0 Å². The Hall–Kier alpha value is -1.32. The molecule has 88 valence electrons. The molecule has 2 aromatic rings. The molecule has 0 heterocycles. The molecule has 0 amide bonds. The standard InChI is InChI=1S/C13H12ClNOS/c1-16-11-4-2-3-5-13(11)17-12-7-6-9(14)8-10(12)15/h2-8H,15H2,1H3. The van der Waals surface area contributed by atoms with Crippen molar-refractivity contribution in [1.29, 1.82) is 0 Å². The molecule has 2 rings (SSSR count). The largest absolute Gasteiger partial charge is 0.496 e. The van der Waals surface area contributed by atoms with E-state index in [1.807, 2.05) is 36.4 Å². The predicted molar refractivity (Wildman–Crippen MR) is 73.0 cm³/mol. The molecule has 0 saturated heterocycles. The van der Waals surface area contributed by atoms with Gasteiger partial charge in [-0.05, 0) is 30.3 Å². The molecule has 0 aliphatic rings. The Balaban J connectivity index is 2.31. The van der Waals surface area contributed by atoms with Crippen LogP contribution in [-0.4, -0.2) is 7.11 Å². The minimum atomic E-state index is 0.645. The molecule has 0 fully saturated rings. The van der Waals surface area contributed by atoms with Gasteiger partial charge in [0, 0.05) is 15.6 Å². The second kappa shape index (κ2) is 5.34. The summed E-state index contributed by atoms with van der Waals surface area (Å²) in [4.78, 5) is 2.00. The van der Waals surface area contributed by atoms with Gasteiger partial charge in [-0.25, -0.2) is 0 Å². The van der Waals surface area contributed by atoms with Crippen molar-refractivity contribution in [3.63, 3.8) is 0 Å². The van der Waals surface area contributed by atoms with Gasteiger partial charge < -0.3 is 10.5 Å². The lowest BCUT2D eigenvalue weighted by atomic mass is 10.3. The maximum absolute atomic E-state index is 5.91. The van der Waals surface area contributed by atoms with E-state index in [1.165, 1.54) is 0 Å². The van der Waals surface area contributed by atoms with Gasteiger partial charge in [-0.1, -0.05) is 35.5 Å². The SMILES string of the molecule is COc1ccccc1Sc1ccc(Cl)cc1N. The van der Waals surface area contributed by atoms with Crippen LogP contribution >= 0.6 is 23.4 Å². The van der Waals surface area contributed by atoms with E-state index in [0.717, 1.165) is 15.5 Å². The van der Waals surface area contributed by atoms with Crippen molar-refractivity contribution < 1.29 is 4.74 Å². The Morgan fingerprint density at radius 2 is 1.88 bits per heavy atom. The molecule has 4 heteroatoms. The van der Waals surface area contributed by atoms with Crippen molar-refractivity contribution in [1.82, 2.24) is 0 Å². The third-order valence-electron chi connectivity index (χ3n) is 2.26. The molecule has 2 aromatic carbocycles. The molecule has 0 aliphatic heterocycles. The molecule has 0 atom stereocenters. The zero-order chi connectivity index (χ0) is 12.3. The molecular weight excluding hydrogens is 254 g/mol. The first-order valence-corrected chi connectivity index (χ1v) is 6.26.